The topological polar surface area (TPSA) is 71.2 Å². The van der Waals surface area contributed by atoms with Crippen LogP contribution in [0, 0.1) is 5.82 Å². The molecule has 0 unspecified atom stereocenters. The van der Waals surface area contributed by atoms with E-state index in [2.05, 4.69) is 9.89 Å². The number of aliphatic imine (C=N–C) groups is 1. The van der Waals surface area contributed by atoms with Crippen molar-refractivity contribution >= 4 is 17.6 Å². The van der Waals surface area contributed by atoms with E-state index < -0.39 is 0 Å². The highest BCUT2D eigenvalue weighted by molar-refractivity contribution is 5.78. The number of hydrogen-bond donors (Lipinski definition) is 1. The Balaban J connectivity index is 1.73. The Kier molecular flexibility index (Phi) is 6.84. The molecule has 0 radical (unpaired) electrons. The second-order valence-electron chi connectivity index (χ2n) is 5.60. The van der Waals surface area contributed by atoms with Gasteiger partial charge in [0, 0.05) is 44.8 Å². The van der Waals surface area contributed by atoms with Crippen molar-refractivity contribution in [3.8, 4) is 0 Å². The minimum absolute atomic E-state index is 0.195. The Morgan fingerprint density at radius 2 is 1.92 bits per heavy atom. The van der Waals surface area contributed by atoms with Gasteiger partial charge in [0.1, 0.15) is 5.82 Å². The predicted molar refractivity (Wildman–Crippen MR) is 92.5 cm³/mol. The second-order valence-corrected chi connectivity index (χ2v) is 5.60. The third-order valence-corrected chi connectivity index (χ3v) is 3.91. The van der Waals surface area contributed by atoms with Gasteiger partial charge in [-0.25, -0.2) is 4.39 Å². The number of anilines is 1. The summed E-state index contributed by atoms with van der Waals surface area (Å²) in [5, 5.41) is 0. The molecule has 132 valence electrons. The summed E-state index contributed by atoms with van der Waals surface area (Å²) in [6, 6.07) is 6.53. The first-order chi connectivity index (χ1) is 11.6. The fourth-order valence-electron chi connectivity index (χ4n) is 2.60. The van der Waals surface area contributed by atoms with Crippen molar-refractivity contribution in [2.45, 2.75) is 19.8 Å². The maximum absolute atomic E-state index is 13.0. The summed E-state index contributed by atoms with van der Waals surface area (Å²) < 4.78 is 17.8. The molecular formula is C17H25FN4O2. The van der Waals surface area contributed by atoms with Crippen molar-refractivity contribution in [2.24, 2.45) is 10.7 Å². The van der Waals surface area contributed by atoms with Crippen LogP contribution in [0.1, 0.15) is 19.8 Å². The Morgan fingerprint density at radius 1 is 1.25 bits per heavy atom. The van der Waals surface area contributed by atoms with Gasteiger partial charge in [0.2, 0.25) is 0 Å². The van der Waals surface area contributed by atoms with E-state index in [9.17, 15) is 9.18 Å². The van der Waals surface area contributed by atoms with Crippen LogP contribution in [0.25, 0.3) is 0 Å². The van der Waals surface area contributed by atoms with Crippen LogP contribution in [0.5, 0.6) is 0 Å². The molecule has 2 N–H and O–H groups in total. The normalized spacial score (nSPS) is 15.5. The summed E-state index contributed by atoms with van der Waals surface area (Å²) in [7, 11) is 0. The highest BCUT2D eigenvalue weighted by atomic mass is 19.1. The van der Waals surface area contributed by atoms with Crippen molar-refractivity contribution in [3.63, 3.8) is 0 Å². The standard InChI is InChI=1S/C17H25FN4O2/c1-2-24-16(23)4-3-9-20-17(19)22-12-10-21(11-13-22)15-7-5-14(18)6-8-15/h5-8H,2-4,9-13H2,1H3,(H2,19,20). The zero-order chi connectivity index (χ0) is 17.4. The SMILES string of the molecule is CCOC(=O)CCCN=C(N)N1CCN(c2ccc(F)cc2)CC1. The van der Waals surface area contributed by atoms with Gasteiger partial charge in [0.15, 0.2) is 5.96 Å². The van der Waals surface area contributed by atoms with Crippen molar-refractivity contribution in [1.82, 2.24) is 4.90 Å². The van der Waals surface area contributed by atoms with Crippen LogP contribution >= 0.6 is 0 Å². The van der Waals surface area contributed by atoms with Crippen LogP contribution in [0.2, 0.25) is 0 Å². The van der Waals surface area contributed by atoms with Gasteiger partial charge in [-0.15, -0.1) is 0 Å². The van der Waals surface area contributed by atoms with E-state index in [0.29, 0.717) is 32.0 Å². The monoisotopic (exact) mass is 336 g/mol. The maximum Gasteiger partial charge on any atom is 0.305 e. The molecule has 1 saturated heterocycles. The smallest absolute Gasteiger partial charge is 0.305 e. The summed E-state index contributed by atoms with van der Waals surface area (Å²) in [5.41, 5.74) is 7.03. The first kappa shape index (κ1) is 18.0. The lowest BCUT2D eigenvalue weighted by atomic mass is 10.2. The quantitative estimate of drug-likeness (QED) is 0.370. The number of rotatable bonds is 6. The lowest BCUT2D eigenvalue weighted by Gasteiger charge is -2.36. The molecule has 0 aliphatic carbocycles. The Morgan fingerprint density at radius 3 is 2.54 bits per heavy atom. The van der Waals surface area contributed by atoms with Crippen molar-refractivity contribution in [1.29, 1.82) is 0 Å². The number of nitrogens with two attached hydrogens (primary N) is 1. The van der Waals surface area contributed by atoms with E-state index >= 15 is 0 Å². The molecule has 6 nitrogen and oxygen atoms in total. The lowest BCUT2D eigenvalue weighted by Crippen LogP contribution is -2.51. The molecule has 2 rings (SSSR count). The summed E-state index contributed by atoms with van der Waals surface area (Å²) in [4.78, 5) is 19.8. The number of piperazine rings is 1. The fourth-order valence-corrected chi connectivity index (χ4v) is 2.60. The minimum atomic E-state index is -0.225. The van der Waals surface area contributed by atoms with Gasteiger partial charge in [0.25, 0.3) is 0 Å². The maximum atomic E-state index is 13.0. The average Bonchev–Trinajstić information content (AvgIpc) is 2.60. The zero-order valence-corrected chi connectivity index (χ0v) is 14.1. The number of guanidine groups is 1. The molecule has 1 aliphatic rings. The number of ether oxygens (including phenoxy) is 1. The third-order valence-electron chi connectivity index (χ3n) is 3.91. The molecule has 1 aliphatic heterocycles. The number of hydrogen-bond acceptors (Lipinski definition) is 4. The Hall–Kier alpha value is -2.31. The van der Waals surface area contributed by atoms with E-state index in [4.69, 9.17) is 10.5 Å². The number of nitrogens with zero attached hydrogens (tertiary/aromatic N) is 3. The zero-order valence-electron chi connectivity index (χ0n) is 14.1. The van der Waals surface area contributed by atoms with Gasteiger partial charge in [-0.05, 0) is 37.6 Å². The van der Waals surface area contributed by atoms with Gasteiger partial charge >= 0.3 is 5.97 Å². The van der Waals surface area contributed by atoms with Crippen LogP contribution in [0.3, 0.4) is 0 Å². The Bertz CT molecular complexity index is 554. The molecule has 0 aromatic heterocycles. The number of carbonyl (C=O) groups excluding carboxylic acids is 1. The van der Waals surface area contributed by atoms with E-state index in [1.54, 1.807) is 19.1 Å². The van der Waals surface area contributed by atoms with E-state index in [1.165, 1.54) is 12.1 Å². The van der Waals surface area contributed by atoms with Gasteiger partial charge in [0.05, 0.1) is 6.61 Å². The second kappa shape index (κ2) is 9.10. The van der Waals surface area contributed by atoms with Crippen molar-refractivity contribution in [3.05, 3.63) is 30.1 Å². The highest BCUT2D eigenvalue weighted by Gasteiger charge is 2.18. The lowest BCUT2D eigenvalue weighted by molar-refractivity contribution is -0.143. The molecular weight excluding hydrogens is 311 g/mol. The minimum Gasteiger partial charge on any atom is -0.466 e. The van der Waals surface area contributed by atoms with Crippen LogP contribution in [0.15, 0.2) is 29.3 Å². The van der Waals surface area contributed by atoms with Crippen LogP contribution in [-0.4, -0.2) is 56.2 Å². The number of benzene rings is 1. The van der Waals surface area contributed by atoms with Crippen molar-refractivity contribution < 1.29 is 13.9 Å². The van der Waals surface area contributed by atoms with Crippen LogP contribution in [-0.2, 0) is 9.53 Å². The number of esters is 1. The number of carbonyl (C=O) groups is 1. The molecule has 24 heavy (non-hydrogen) atoms. The first-order valence-electron chi connectivity index (χ1n) is 8.31. The molecule has 0 saturated carbocycles. The first-order valence-corrected chi connectivity index (χ1v) is 8.31. The molecule has 7 heteroatoms. The van der Waals surface area contributed by atoms with Gasteiger partial charge in [-0.3, -0.25) is 9.79 Å². The van der Waals surface area contributed by atoms with E-state index in [1.807, 2.05) is 4.90 Å². The summed E-state index contributed by atoms with van der Waals surface area (Å²) >= 11 is 0. The van der Waals surface area contributed by atoms with Gasteiger partial charge < -0.3 is 20.3 Å². The highest BCUT2D eigenvalue weighted by Crippen LogP contribution is 2.16. The summed E-state index contributed by atoms with van der Waals surface area (Å²) in [6.07, 6.45) is 0.998. The molecule has 0 amide bonds. The van der Waals surface area contributed by atoms with Crippen molar-refractivity contribution in [2.75, 3.05) is 44.2 Å². The number of halogens is 1. The largest absolute Gasteiger partial charge is 0.466 e. The fraction of sp³-hybridized carbons (Fsp3) is 0.529. The van der Waals surface area contributed by atoms with E-state index in [-0.39, 0.29) is 11.8 Å². The molecule has 1 aromatic rings. The third kappa shape index (κ3) is 5.40. The average molecular weight is 336 g/mol. The van der Waals surface area contributed by atoms with Gasteiger partial charge in [-0.1, -0.05) is 0 Å². The molecule has 1 aromatic carbocycles. The predicted octanol–water partition coefficient (Wildman–Crippen LogP) is 1.61. The molecule has 0 bridgehead atoms. The van der Waals surface area contributed by atoms with E-state index in [0.717, 1.165) is 31.9 Å². The van der Waals surface area contributed by atoms with Gasteiger partial charge in [-0.2, -0.15) is 0 Å². The Labute approximate surface area is 142 Å². The summed E-state index contributed by atoms with van der Waals surface area (Å²) in [6.45, 7) is 5.87. The molecule has 0 atom stereocenters. The van der Waals surface area contributed by atoms with Crippen LogP contribution < -0.4 is 10.6 Å². The molecule has 0 spiro atoms. The van der Waals surface area contributed by atoms with Crippen LogP contribution in [0.4, 0.5) is 10.1 Å². The summed E-state index contributed by atoms with van der Waals surface area (Å²) in [5.74, 6) is 0.0911. The molecule has 1 heterocycles. The molecule has 1 fully saturated rings.